The van der Waals surface area contributed by atoms with Crippen molar-refractivity contribution in [2.24, 2.45) is 0 Å². The number of hydrogen-bond acceptors (Lipinski definition) is 5. The summed E-state index contributed by atoms with van der Waals surface area (Å²) in [5.41, 5.74) is 5.89. The maximum Gasteiger partial charge on any atom is 0.262 e. The average Bonchev–Trinajstić information content (AvgIpc) is 2.72. The molecule has 0 aliphatic heterocycles. The molecule has 0 radical (unpaired) electrons. The van der Waals surface area contributed by atoms with Crippen molar-refractivity contribution in [1.29, 1.82) is 0 Å². The molecular weight excluding hydrogens is 446 g/mol. The van der Waals surface area contributed by atoms with Gasteiger partial charge in [0.1, 0.15) is 5.82 Å². The first-order chi connectivity index (χ1) is 14.7. The highest BCUT2D eigenvalue weighted by Crippen LogP contribution is 2.33. The molecule has 0 saturated heterocycles. The number of nitrogens with one attached hydrogen (secondary N) is 1. The molecule has 4 aromatic rings. The fraction of sp³-hybridized carbons (Fsp3) is 0.0476. The van der Waals surface area contributed by atoms with Gasteiger partial charge in [-0.05, 0) is 54.4 Å². The minimum absolute atomic E-state index is 0.0744. The Morgan fingerprint density at radius 1 is 1.06 bits per heavy atom. The van der Waals surface area contributed by atoms with Gasteiger partial charge in [0.2, 0.25) is 5.95 Å². The molecule has 0 bridgehead atoms. The van der Waals surface area contributed by atoms with E-state index in [2.05, 4.69) is 14.7 Å². The number of halogens is 3. The second kappa shape index (κ2) is 7.75. The van der Waals surface area contributed by atoms with Crippen LogP contribution in [0.15, 0.2) is 59.6 Å². The normalized spacial score (nSPS) is 11.6. The van der Waals surface area contributed by atoms with Crippen molar-refractivity contribution in [3.05, 3.63) is 76.9 Å². The van der Waals surface area contributed by atoms with Crippen LogP contribution in [0.2, 0.25) is 5.02 Å². The molecule has 10 heteroatoms. The van der Waals surface area contributed by atoms with Crippen molar-refractivity contribution in [3.63, 3.8) is 0 Å². The van der Waals surface area contributed by atoms with Crippen LogP contribution in [0.1, 0.15) is 5.56 Å². The Balaban J connectivity index is 1.80. The topological polar surface area (TPSA) is 98.0 Å². The lowest BCUT2D eigenvalue weighted by atomic mass is 10.0. The van der Waals surface area contributed by atoms with Gasteiger partial charge < -0.3 is 5.73 Å². The van der Waals surface area contributed by atoms with Crippen LogP contribution in [0.3, 0.4) is 0 Å². The second-order valence-electron chi connectivity index (χ2n) is 6.80. The highest BCUT2D eigenvalue weighted by molar-refractivity contribution is 7.92. The van der Waals surface area contributed by atoms with Gasteiger partial charge >= 0.3 is 0 Å². The Morgan fingerprint density at radius 2 is 1.84 bits per heavy atom. The molecule has 0 saturated carbocycles. The number of benzene rings is 3. The lowest BCUT2D eigenvalue weighted by Gasteiger charge is -2.14. The number of nitrogen functional groups attached to an aromatic ring is 1. The van der Waals surface area contributed by atoms with E-state index in [9.17, 15) is 12.8 Å². The van der Waals surface area contributed by atoms with E-state index in [1.165, 1.54) is 30.5 Å². The Bertz CT molecular complexity index is 1450. The molecule has 6 nitrogen and oxygen atoms in total. The summed E-state index contributed by atoms with van der Waals surface area (Å²) in [6, 6.07) is 10.9. The maximum absolute atomic E-state index is 15.3. The summed E-state index contributed by atoms with van der Waals surface area (Å²) in [6.45, 7) is 1.58. The first-order valence-corrected chi connectivity index (χ1v) is 10.8. The molecule has 0 aliphatic carbocycles. The van der Waals surface area contributed by atoms with Gasteiger partial charge in [0.05, 0.1) is 21.7 Å². The van der Waals surface area contributed by atoms with Gasteiger partial charge in [0, 0.05) is 16.6 Å². The Labute approximate surface area is 181 Å². The first-order valence-electron chi connectivity index (χ1n) is 8.95. The van der Waals surface area contributed by atoms with Crippen molar-refractivity contribution in [2.45, 2.75) is 11.8 Å². The molecule has 158 valence electrons. The van der Waals surface area contributed by atoms with Crippen molar-refractivity contribution in [1.82, 2.24) is 9.97 Å². The molecule has 31 heavy (non-hydrogen) atoms. The lowest BCUT2D eigenvalue weighted by molar-refractivity contribution is 0.587. The Morgan fingerprint density at radius 3 is 2.61 bits per heavy atom. The predicted molar refractivity (Wildman–Crippen MR) is 116 cm³/mol. The number of sulfonamides is 1. The zero-order valence-corrected chi connectivity index (χ0v) is 17.6. The fourth-order valence-electron chi connectivity index (χ4n) is 3.16. The SMILES string of the molecule is Cc1ccc(Cl)cc1S(=O)(=O)Nc1ccc(F)c(-c2ccc3nc(N)ncc3c2)c1F. The number of rotatable bonds is 4. The van der Waals surface area contributed by atoms with Gasteiger partial charge in [0.15, 0.2) is 5.82 Å². The van der Waals surface area contributed by atoms with Crippen LogP contribution in [0.5, 0.6) is 0 Å². The summed E-state index contributed by atoms with van der Waals surface area (Å²) >= 11 is 5.91. The number of anilines is 2. The van der Waals surface area contributed by atoms with E-state index < -0.39 is 27.3 Å². The van der Waals surface area contributed by atoms with Gasteiger partial charge in [-0.2, -0.15) is 0 Å². The summed E-state index contributed by atoms with van der Waals surface area (Å²) in [6.07, 6.45) is 1.44. The molecule has 0 aliphatic rings. The van der Waals surface area contributed by atoms with Crippen LogP contribution >= 0.6 is 11.6 Å². The maximum atomic E-state index is 15.3. The minimum Gasteiger partial charge on any atom is -0.368 e. The molecule has 0 fully saturated rings. The third-order valence-corrected chi connectivity index (χ3v) is 6.40. The van der Waals surface area contributed by atoms with E-state index in [1.54, 1.807) is 19.1 Å². The highest BCUT2D eigenvalue weighted by atomic mass is 35.5. The molecule has 3 aromatic carbocycles. The van der Waals surface area contributed by atoms with Gasteiger partial charge in [0.25, 0.3) is 10.0 Å². The predicted octanol–water partition coefficient (Wildman–Crippen LogP) is 4.92. The summed E-state index contributed by atoms with van der Waals surface area (Å²) in [4.78, 5) is 7.82. The quantitative estimate of drug-likeness (QED) is 0.450. The van der Waals surface area contributed by atoms with Crippen molar-refractivity contribution >= 4 is 44.2 Å². The van der Waals surface area contributed by atoms with Gasteiger partial charge in [-0.15, -0.1) is 0 Å². The number of aromatic nitrogens is 2. The molecule has 0 atom stereocenters. The molecule has 4 rings (SSSR count). The van der Waals surface area contributed by atoms with Gasteiger partial charge in [-0.25, -0.2) is 27.2 Å². The number of fused-ring (bicyclic) bond motifs is 1. The average molecular weight is 461 g/mol. The van der Waals surface area contributed by atoms with E-state index in [-0.39, 0.29) is 27.0 Å². The molecule has 0 unspecified atom stereocenters. The van der Waals surface area contributed by atoms with Gasteiger partial charge in [-0.3, -0.25) is 4.72 Å². The van der Waals surface area contributed by atoms with Gasteiger partial charge in [-0.1, -0.05) is 23.7 Å². The first kappa shape index (κ1) is 21.0. The standard InChI is InChI=1S/C21H15ClF2N4O2S/c1-11-2-4-14(22)9-18(11)31(29,30)28-17-7-5-15(23)19(20(17)24)12-3-6-16-13(8-12)10-26-21(25)27-16/h2-10,28H,1H3,(H2,25,26,27). The largest absolute Gasteiger partial charge is 0.368 e. The third-order valence-electron chi connectivity index (χ3n) is 4.66. The number of nitrogens with two attached hydrogens (primary N) is 1. The van der Waals surface area contributed by atoms with E-state index in [0.29, 0.717) is 16.5 Å². The van der Waals surface area contributed by atoms with Crippen molar-refractivity contribution in [3.8, 4) is 11.1 Å². The summed E-state index contributed by atoms with van der Waals surface area (Å²) in [5, 5.41) is 0.733. The molecule has 0 spiro atoms. The zero-order chi connectivity index (χ0) is 22.3. The summed E-state index contributed by atoms with van der Waals surface area (Å²) in [7, 11) is -4.17. The summed E-state index contributed by atoms with van der Waals surface area (Å²) < 4.78 is 57.6. The van der Waals surface area contributed by atoms with Crippen LogP contribution in [-0.4, -0.2) is 18.4 Å². The van der Waals surface area contributed by atoms with Crippen LogP contribution in [-0.2, 0) is 10.0 Å². The zero-order valence-electron chi connectivity index (χ0n) is 16.0. The summed E-state index contributed by atoms with van der Waals surface area (Å²) in [5.74, 6) is -1.83. The van der Waals surface area contributed by atoms with Crippen molar-refractivity contribution < 1.29 is 17.2 Å². The lowest BCUT2D eigenvalue weighted by Crippen LogP contribution is -2.15. The van der Waals surface area contributed by atoms with Crippen LogP contribution < -0.4 is 10.5 Å². The molecule has 1 heterocycles. The van der Waals surface area contributed by atoms with Crippen LogP contribution in [0, 0.1) is 18.6 Å². The van der Waals surface area contributed by atoms with E-state index in [4.69, 9.17) is 17.3 Å². The van der Waals surface area contributed by atoms with E-state index in [1.807, 2.05) is 0 Å². The Kier molecular flexibility index (Phi) is 5.24. The fourth-order valence-corrected chi connectivity index (χ4v) is 4.73. The second-order valence-corrected chi connectivity index (χ2v) is 8.89. The van der Waals surface area contributed by atoms with Crippen LogP contribution in [0.25, 0.3) is 22.0 Å². The molecule has 3 N–H and O–H groups in total. The highest BCUT2D eigenvalue weighted by Gasteiger charge is 2.22. The van der Waals surface area contributed by atoms with Crippen molar-refractivity contribution in [2.75, 3.05) is 10.5 Å². The number of nitrogens with zero attached hydrogens (tertiary/aromatic N) is 2. The van der Waals surface area contributed by atoms with E-state index >= 15 is 4.39 Å². The molecule has 0 amide bonds. The Hall–Kier alpha value is -3.30. The molecular formula is C21H15ClF2N4O2S. The van der Waals surface area contributed by atoms with E-state index in [0.717, 1.165) is 12.1 Å². The number of aryl methyl sites for hydroxylation is 1. The molecule has 1 aromatic heterocycles. The minimum atomic E-state index is -4.17. The number of hydrogen-bond donors (Lipinski definition) is 2. The smallest absolute Gasteiger partial charge is 0.262 e. The third kappa shape index (κ3) is 4.01. The van der Waals surface area contributed by atoms with Crippen LogP contribution in [0.4, 0.5) is 20.4 Å². The monoisotopic (exact) mass is 460 g/mol.